The summed E-state index contributed by atoms with van der Waals surface area (Å²) in [7, 11) is 0. The Morgan fingerprint density at radius 2 is 0.466 bits per heavy atom. The molecule has 10 saturated heterocycles. The Labute approximate surface area is 772 Å². The number of nitrogens with zero attached hydrogens (tertiary/aromatic N) is 12. The largest absolute Gasteiger partial charge is 0.396 e. The van der Waals surface area contributed by atoms with Crippen LogP contribution < -0.4 is 0 Å². The highest BCUT2D eigenvalue weighted by Gasteiger charge is 2.43. The minimum Gasteiger partial charge on any atom is -0.396 e. The van der Waals surface area contributed by atoms with Crippen LogP contribution in [0, 0.1) is 27.1 Å². The third-order valence-electron chi connectivity index (χ3n) is 22.2. The van der Waals surface area contributed by atoms with E-state index < -0.39 is 51.5 Å². The van der Waals surface area contributed by atoms with E-state index in [-0.39, 0.29) is 286 Å². The smallest absolute Gasteiger partial charge is 0.146 e. The van der Waals surface area contributed by atoms with Gasteiger partial charge in [-0.15, -0.1) is 20.4 Å². The van der Waals surface area contributed by atoms with Gasteiger partial charge in [0.1, 0.15) is 90.6 Å². The van der Waals surface area contributed by atoms with Gasteiger partial charge in [-0.1, -0.05) is 20.9 Å². The van der Waals surface area contributed by atoms with Gasteiger partial charge in [0.25, 0.3) is 0 Å². The molecule has 10 aliphatic rings. The van der Waals surface area contributed by atoms with Crippen LogP contribution in [0.1, 0.15) is 36.1 Å². The first-order chi connectivity index (χ1) is 65.1. The molecule has 0 radical (unpaired) electrons. The molecule has 14 atom stereocenters. The molecule has 48 heteroatoms. The van der Waals surface area contributed by atoms with Crippen LogP contribution in [0.15, 0.2) is 24.8 Å². The molecule has 48 nitrogen and oxygen atoms in total. The fourth-order valence-corrected chi connectivity index (χ4v) is 14.0. The molecule has 0 spiro atoms. The average Bonchev–Trinajstić information content (AvgIpc) is 1.67. The lowest BCUT2D eigenvalue weighted by Gasteiger charge is -2.34. The van der Waals surface area contributed by atoms with E-state index in [4.69, 9.17) is 147 Å². The van der Waals surface area contributed by atoms with Gasteiger partial charge in [0, 0.05) is 19.8 Å². The molecule has 5 N–H and O–H groups in total. The first kappa shape index (κ1) is 104. The number of epoxide rings is 10. The predicted molar refractivity (Wildman–Crippen MR) is 449 cm³/mol. The number of aliphatic hydroxyl groups excluding tert-OH is 5. The van der Waals surface area contributed by atoms with Crippen molar-refractivity contribution in [1.82, 2.24) is 60.0 Å². The Hall–Kier alpha value is -4.88. The third-order valence-corrected chi connectivity index (χ3v) is 22.2. The summed E-state index contributed by atoms with van der Waals surface area (Å²) in [6, 6.07) is 0. The zero-order valence-electron chi connectivity index (χ0n) is 76.5. The number of aliphatic hydroxyl groups is 5. The van der Waals surface area contributed by atoms with Crippen molar-refractivity contribution < 1.29 is 172 Å². The van der Waals surface area contributed by atoms with Gasteiger partial charge in [0.2, 0.25) is 0 Å². The van der Waals surface area contributed by atoms with Gasteiger partial charge in [-0.05, 0) is 13.3 Å². The molecule has 14 unspecified atom stereocenters. The van der Waals surface area contributed by atoms with E-state index in [2.05, 4.69) is 41.2 Å². The molecule has 0 bridgehead atoms. The minimum absolute atomic E-state index is 0.0223. The summed E-state index contributed by atoms with van der Waals surface area (Å²) in [6.45, 7) is 15.4. The Kier molecular flexibility index (Phi) is 43.3. The van der Waals surface area contributed by atoms with E-state index in [0.29, 0.717) is 175 Å². The molecule has 0 aliphatic carbocycles. The van der Waals surface area contributed by atoms with Crippen molar-refractivity contribution in [3.63, 3.8) is 0 Å². The van der Waals surface area contributed by atoms with Crippen LogP contribution in [0.5, 0.6) is 0 Å². The molecule has 0 saturated carbocycles. The maximum atomic E-state index is 11.8. The molecule has 10 aliphatic heterocycles. The highest BCUT2D eigenvalue weighted by atomic mass is 16.7. The Morgan fingerprint density at radius 1 is 0.278 bits per heavy atom. The molecule has 10 fully saturated rings. The van der Waals surface area contributed by atoms with E-state index in [9.17, 15) is 25.5 Å². The molecule has 14 rings (SSSR count). The summed E-state index contributed by atoms with van der Waals surface area (Å²) < 4.78 is 190. The monoisotopic (exact) mass is 1900 g/mol. The topological polar surface area (TPSA) is 543 Å². The highest BCUT2D eigenvalue weighted by Crippen LogP contribution is 2.31. The lowest BCUT2D eigenvalue weighted by atomic mass is 9.92. The summed E-state index contributed by atoms with van der Waals surface area (Å²) >= 11 is 0. The van der Waals surface area contributed by atoms with Crippen molar-refractivity contribution in [3.8, 4) is 0 Å². The third kappa shape index (κ3) is 42.2. The zero-order chi connectivity index (χ0) is 91.9. The van der Waals surface area contributed by atoms with Crippen molar-refractivity contribution in [2.75, 3.05) is 317 Å². The van der Waals surface area contributed by atoms with Gasteiger partial charge in [-0.3, -0.25) is 0 Å². The minimum atomic E-state index is -1.30. The number of rotatable bonds is 90. The van der Waals surface area contributed by atoms with E-state index in [0.717, 1.165) is 0 Å². The first-order valence-corrected chi connectivity index (χ1v) is 46.3. The van der Waals surface area contributed by atoms with Crippen LogP contribution in [-0.4, -0.2) is 488 Å². The molecular weight excluding hydrogens is 1760 g/mol. The number of hydrogen-bond donors (Lipinski definition) is 5. The molecule has 0 amide bonds. The van der Waals surface area contributed by atoms with Crippen LogP contribution in [0.25, 0.3) is 0 Å². The van der Waals surface area contributed by atoms with Gasteiger partial charge in [0.05, 0.1) is 420 Å². The summed E-state index contributed by atoms with van der Waals surface area (Å²) in [6.07, 6.45) is 2.90. The predicted octanol–water partition coefficient (Wildman–Crippen LogP) is -3.77. The van der Waals surface area contributed by atoms with Crippen molar-refractivity contribution in [2.45, 2.75) is 151 Å². The molecule has 4 aromatic heterocycles. The van der Waals surface area contributed by atoms with Gasteiger partial charge in [-0.25, -0.2) is 18.7 Å². The van der Waals surface area contributed by atoms with E-state index in [1.807, 2.05) is 6.92 Å². The first-order valence-electron chi connectivity index (χ1n) is 46.3. The standard InChI is InChI=1S/C85H140N12O36/c1-2-103-62-123-61-85(59-121-30-79-40-132-79,60-122-31-80-41-133-80)46-108-17-66-9-97(93-89-66)13-70(102)21-112-50-84(47-109-18-67(99)10-94-6-63(86-90-94)14-105-43-81(42-104-5-3-4-98,51-113-22-71-32-124-71)52-114-23-72-33-125-72,48-110-19-68(100)11-95-7-64(87-91-95)15-106-44-82(53-115-24-73-34-126-73,54-116-25-74-35-127-74)55-117-26-75-36-128-75)49-111-20-69(101)12-96-8-65(88-92-96)16-107-45-83(56-118-27-76-37-129-76,57-119-28-77-38-130-77)58-120-29-78-39-131-78/h6-9,67-80,98-102H,2-5,10-62H2,1H3. The summed E-state index contributed by atoms with van der Waals surface area (Å²) in [5.74, 6) is 0. The Morgan fingerprint density at radius 3 is 0.662 bits per heavy atom. The molecule has 133 heavy (non-hydrogen) atoms. The molecule has 756 valence electrons. The van der Waals surface area contributed by atoms with Crippen LogP contribution in [0.3, 0.4) is 0 Å². The zero-order valence-corrected chi connectivity index (χ0v) is 76.5. The SMILES string of the molecule is CCOCOCC(COCc1cn(CC(O)COCC(COCC(O)Cn2cc(COCC(COCCCO)(COCC3CO3)COCC3CO3)nn2)(COCC(O)Cn2cc(COCC(COCC3CO3)(COCC3CO3)COCC3CO3)nn2)COCC(O)Cn2cc(COCC(COCC3CO3)(COCC3CO3)COCC3CO3)nn2)nn1)(COCC1CO1)COCC1CO1. The normalized spacial score (nSPS) is 25.0. The van der Waals surface area contributed by atoms with Crippen LogP contribution in [-0.2, 0) is 199 Å². The van der Waals surface area contributed by atoms with Crippen molar-refractivity contribution in [3.05, 3.63) is 47.6 Å². The number of ether oxygens (including phenoxy) is 31. The number of hydrogen-bond acceptors (Lipinski definition) is 44. The average molecular weight is 1910 g/mol. The summed E-state index contributed by atoms with van der Waals surface area (Å²) in [5.41, 5.74) is -2.23. The van der Waals surface area contributed by atoms with Crippen LogP contribution in [0.4, 0.5) is 0 Å². The maximum absolute atomic E-state index is 11.8. The highest BCUT2D eigenvalue weighted by molar-refractivity contribution is 4.96. The van der Waals surface area contributed by atoms with E-state index >= 15 is 0 Å². The number of aromatic nitrogens is 12. The maximum Gasteiger partial charge on any atom is 0.146 e. The quantitative estimate of drug-likeness (QED) is 0.0161. The van der Waals surface area contributed by atoms with Crippen molar-refractivity contribution in [1.29, 1.82) is 0 Å². The lowest BCUT2D eigenvalue weighted by molar-refractivity contribution is -0.140. The van der Waals surface area contributed by atoms with Crippen molar-refractivity contribution in [2.24, 2.45) is 27.1 Å². The van der Waals surface area contributed by atoms with E-state index in [1.165, 1.54) is 18.7 Å². The summed E-state index contributed by atoms with van der Waals surface area (Å²) in [4.78, 5) is 0. The second-order valence-corrected chi connectivity index (χ2v) is 36.7. The van der Waals surface area contributed by atoms with Crippen LogP contribution >= 0.6 is 0 Å². The van der Waals surface area contributed by atoms with Gasteiger partial charge in [0.15, 0.2) is 0 Å². The van der Waals surface area contributed by atoms with Gasteiger partial charge in [-0.2, -0.15) is 0 Å². The molecular formula is C85H140N12O36. The van der Waals surface area contributed by atoms with Gasteiger partial charge < -0.3 is 172 Å². The summed E-state index contributed by atoms with van der Waals surface area (Å²) in [5, 5.41) is 91.3. The fraction of sp³-hybridized carbons (Fsp3) is 0.906. The molecule has 4 aromatic rings. The second kappa shape index (κ2) is 55.4. The van der Waals surface area contributed by atoms with Crippen molar-refractivity contribution >= 4 is 0 Å². The Bertz CT molecular complexity index is 3420. The Balaban J connectivity index is 0.631. The second-order valence-electron chi connectivity index (χ2n) is 36.7. The molecule has 14 heterocycles. The molecule has 0 aromatic carbocycles. The fourth-order valence-electron chi connectivity index (χ4n) is 14.0. The lowest BCUT2D eigenvalue weighted by Crippen LogP contribution is -2.44. The van der Waals surface area contributed by atoms with Crippen LogP contribution in [0.2, 0.25) is 0 Å². The van der Waals surface area contributed by atoms with Gasteiger partial charge >= 0.3 is 0 Å². The van der Waals surface area contributed by atoms with E-state index in [1.54, 1.807) is 24.8 Å².